The van der Waals surface area contributed by atoms with E-state index in [4.69, 9.17) is 0 Å². The van der Waals surface area contributed by atoms with Gasteiger partial charge in [0, 0.05) is 32.7 Å². The normalized spacial score (nSPS) is 16.9. The van der Waals surface area contributed by atoms with Crippen LogP contribution in [0, 0.1) is 13.8 Å². The Morgan fingerprint density at radius 3 is 1.49 bits per heavy atom. The Bertz CT molecular complexity index is 1310. The largest absolute Gasteiger partial charge is 0.518 e. The molecule has 0 saturated carbocycles. The van der Waals surface area contributed by atoms with Crippen molar-refractivity contribution >= 4 is 34.6 Å². The molecule has 1 heterocycles. The third kappa shape index (κ3) is 6.35. The molecule has 0 unspecified atom stereocenters. The van der Waals surface area contributed by atoms with Crippen LogP contribution in [-0.2, 0) is 26.6 Å². The highest BCUT2D eigenvalue weighted by atomic mass is 32.2. The molecule has 0 amide bonds. The van der Waals surface area contributed by atoms with Crippen LogP contribution in [0.25, 0.3) is 0 Å². The summed E-state index contributed by atoms with van der Waals surface area (Å²) in [5.74, 6) is 0. The monoisotopic (exact) mass is 555 g/mol. The molecule has 0 spiro atoms. The minimum Gasteiger partial charge on any atom is -0.297 e. The van der Waals surface area contributed by atoms with Crippen LogP contribution in [0.5, 0.6) is 0 Å². The van der Waals surface area contributed by atoms with E-state index in [1.54, 1.807) is 48.5 Å². The van der Waals surface area contributed by atoms with Crippen LogP contribution in [-0.4, -0.2) is 69.1 Å². The van der Waals surface area contributed by atoms with Crippen LogP contribution in [0.3, 0.4) is 0 Å². The second kappa shape index (κ2) is 11.8. The quantitative estimate of drug-likeness (QED) is 0.412. The lowest BCUT2D eigenvalue weighted by atomic mass is 10.2. The summed E-state index contributed by atoms with van der Waals surface area (Å²) in [6, 6.07) is 23.6. The summed E-state index contributed by atoms with van der Waals surface area (Å²) in [6.45, 7) is 7.89. The third-order valence-electron chi connectivity index (χ3n) is 6.81. The number of aryl methyl sites for hydroxylation is 2. The lowest BCUT2D eigenvalue weighted by molar-refractivity contribution is 0.236. The van der Waals surface area contributed by atoms with Gasteiger partial charge in [0.1, 0.15) is 0 Å². The lowest BCUT2D eigenvalue weighted by Crippen LogP contribution is -2.61. The van der Waals surface area contributed by atoms with Gasteiger partial charge in [-0.05, 0) is 43.7 Å². The molecule has 0 radical (unpaired) electrons. The van der Waals surface area contributed by atoms with Crippen LogP contribution in [0.2, 0.25) is 5.28 Å². The average molecular weight is 556 g/mol. The van der Waals surface area contributed by atoms with Crippen LogP contribution in [0.1, 0.15) is 23.6 Å². The Balaban J connectivity index is 1.76. The maximum Gasteiger partial charge on any atom is 0.518 e. The summed E-state index contributed by atoms with van der Waals surface area (Å²) in [5.41, 5.74) is 3.04. The van der Waals surface area contributed by atoms with Crippen LogP contribution in [0.15, 0.2) is 88.7 Å². The van der Waals surface area contributed by atoms with E-state index in [0.29, 0.717) is 24.9 Å². The van der Waals surface area contributed by atoms with Crippen LogP contribution < -0.4 is 0 Å². The molecular formula is C27H34AlN3O4S2. The van der Waals surface area contributed by atoms with E-state index >= 15 is 0 Å². The maximum atomic E-state index is 14.0. The second-order valence-corrected chi connectivity index (χ2v) is 17.1. The zero-order valence-corrected chi connectivity index (χ0v) is 24.4. The maximum absolute atomic E-state index is 14.0. The van der Waals surface area contributed by atoms with Gasteiger partial charge in [0.2, 0.25) is 20.0 Å². The van der Waals surface area contributed by atoms with Crippen molar-refractivity contribution in [1.82, 2.24) is 11.5 Å². The minimum atomic E-state index is -3.90. The van der Waals surface area contributed by atoms with Crippen molar-refractivity contribution in [2.75, 3.05) is 26.2 Å². The predicted molar refractivity (Wildman–Crippen MR) is 148 cm³/mol. The molecular weight excluding hydrogens is 521 g/mol. The van der Waals surface area contributed by atoms with E-state index in [9.17, 15) is 16.8 Å². The highest BCUT2D eigenvalue weighted by Crippen LogP contribution is 2.27. The Hall–Kier alpha value is -2.03. The summed E-state index contributed by atoms with van der Waals surface area (Å²) in [4.78, 5) is 2.55. The molecule has 37 heavy (non-hydrogen) atoms. The van der Waals surface area contributed by atoms with Crippen LogP contribution >= 0.6 is 0 Å². The van der Waals surface area contributed by atoms with E-state index in [-0.39, 0.29) is 22.9 Å². The Labute approximate surface area is 226 Å². The van der Waals surface area contributed by atoms with Gasteiger partial charge < -0.3 is 0 Å². The first-order valence-corrected chi connectivity index (χ1v) is 17.3. The van der Waals surface area contributed by atoms with Crippen molar-refractivity contribution in [2.24, 2.45) is 0 Å². The lowest BCUT2D eigenvalue weighted by Gasteiger charge is -2.39. The number of rotatable bonds is 7. The van der Waals surface area contributed by atoms with Gasteiger partial charge in [-0.3, -0.25) is 11.5 Å². The fraction of sp³-hybridized carbons (Fsp3) is 0.333. The smallest absolute Gasteiger partial charge is 0.297 e. The Morgan fingerprint density at radius 2 is 1.08 bits per heavy atom. The number of hydrogen-bond donors (Lipinski definition) is 0. The van der Waals surface area contributed by atoms with Gasteiger partial charge in [-0.2, -0.15) is 0 Å². The van der Waals surface area contributed by atoms with E-state index in [1.165, 1.54) is 6.58 Å². The van der Waals surface area contributed by atoms with E-state index in [2.05, 4.69) is 4.90 Å². The SMILES string of the molecule is C[CH2][Al]1[N](S(=O)(=O)c2ccc(C)cc2)CCN(Cc2ccccc2)CC[N]1S(=O)(=O)c1ccc(C)cc1. The molecule has 0 N–H and O–H groups in total. The predicted octanol–water partition coefficient (Wildman–Crippen LogP) is 4.01. The van der Waals surface area contributed by atoms with Gasteiger partial charge in [0.15, 0.2) is 0 Å². The number of nitrogens with zero attached hydrogens (tertiary/aromatic N) is 3. The average Bonchev–Trinajstić information content (AvgIpc) is 2.86. The fourth-order valence-corrected chi connectivity index (χ4v) is 13.8. The molecule has 10 heteroatoms. The summed E-state index contributed by atoms with van der Waals surface area (Å²) >= 11 is -2.67. The van der Waals surface area contributed by atoms with Gasteiger partial charge in [0.25, 0.3) is 0 Å². The molecule has 0 aromatic heterocycles. The topological polar surface area (TPSA) is 78.0 Å². The highest BCUT2D eigenvalue weighted by molar-refractivity contribution is 7.92. The van der Waals surface area contributed by atoms with Crippen molar-refractivity contribution in [1.29, 1.82) is 0 Å². The molecule has 3 aromatic rings. The molecule has 0 aliphatic carbocycles. The summed E-state index contributed by atoms with van der Waals surface area (Å²) in [6.07, 6.45) is 0. The van der Waals surface area contributed by atoms with E-state index in [0.717, 1.165) is 16.7 Å². The van der Waals surface area contributed by atoms with Crippen molar-refractivity contribution < 1.29 is 16.8 Å². The van der Waals surface area contributed by atoms with Crippen LogP contribution in [0.4, 0.5) is 0 Å². The molecule has 1 fully saturated rings. The number of benzene rings is 3. The van der Waals surface area contributed by atoms with E-state index in [1.807, 2.05) is 51.1 Å². The molecule has 0 atom stereocenters. The molecule has 7 nitrogen and oxygen atoms in total. The van der Waals surface area contributed by atoms with Crippen molar-refractivity contribution in [3.8, 4) is 0 Å². The fourth-order valence-electron chi connectivity index (χ4n) is 4.69. The second-order valence-electron chi connectivity index (χ2n) is 9.51. The third-order valence-corrected chi connectivity index (χ3v) is 15.8. The molecule has 1 aliphatic rings. The molecule has 196 valence electrons. The highest BCUT2D eigenvalue weighted by Gasteiger charge is 2.46. The molecule has 1 aliphatic heterocycles. The van der Waals surface area contributed by atoms with Crippen molar-refractivity contribution in [3.63, 3.8) is 0 Å². The molecule has 4 rings (SSSR count). The first-order valence-electron chi connectivity index (χ1n) is 12.6. The molecule has 3 aromatic carbocycles. The molecule has 1 saturated heterocycles. The first kappa shape index (κ1) is 28.0. The number of hydrogen-bond acceptors (Lipinski definition) is 5. The summed E-state index contributed by atoms with van der Waals surface area (Å²) in [7, 11) is -7.79. The van der Waals surface area contributed by atoms with Gasteiger partial charge in [-0.15, -0.1) is 0 Å². The Kier molecular flexibility index (Phi) is 8.92. The van der Waals surface area contributed by atoms with Gasteiger partial charge in [-0.25, -0.2) is 16.8 Å². The number of sulfonamides is 2. The zero-order chi connectivity index (χ0) is 26.6. The minimum absolute atomic E-state index is 0.201. The van der Waals surface area contributed by atoms with Gasteiger partial charge >= 0.3 is 14.6 Å². The zero-order valence-electron chi connectivity index (χ0n) is 21.6. The van der Waals surface area contributed by atoms with Crippen molar-refractivity contribution in [3.05, 3.63) is 95.6 Å². The standard InChI is InChI=1S/C25H29N3O4S2.C2H5.Al/c1-21-8-12-24(13-9-21)33(29,30)26-16-18-28(20-23-6-4-3-5-7-23)19-17-27-34(31,32)25-14-10-22(2)11-15-25;1-2;/h3-15H,16-20H2,1-2H3;1H2,2H3;/q-2;;+2. The summed E-state index contributed by atoms with van der Waals surface area (Å²) in [5, 5.41) is 0.467. The molecule has 0 bridgehead atoms. The van der Waals surface area contributed by atoms with Gasteiger partial charge in [0.05, 0.1) is 9.79 Å². The van der Waals surface area contributed by atoms with E-state index < -0.39 is 34.6 Å². The van der Waals surface area contributed by atoms with Crippen molar-refractivity contribution in [2.45, 2.75) is 42.4 Å². The summed E-state index contributed by atoms with van der Waals surface area (Å²) < 4.78 is 58.9. The van der Waals surface area contributed by atoms with Gasteiger partial charge in [-0.1, -0.05) is 77.9 Å². The first-order chi connectivity index (χ1) is 17.6. The Morgan fingerprint density at radius 1 is 0.649 bits per heavy atom.